The minimum atomic E-state index is -0.625. The first-order valence-electron chi connectivity index (χ1n) is 12.7. The lowest BCUT2D eigenvalue weighted by molar-refractivity contribution is -0.0801. The highest BCUT2D eigenvalue weighted by Crippen LogP contribution is 2.67. The Bertz CT molecular complexity index is 624. The van der Waals surface area contributed by atoms with Crippen molar-refractivity contribution in [2.45, 2.75) is 111 Å². The molecule has 0 spiro atoms. The highest BCUT2D eigenvalue weighted by atomic mass is 16.3. The summed E-state index contributed by atoms with van der Waals surface area (Å²) in [6.07, 6.45) is 13.9. The average Bonchev–Trinajstić information content (AvgIpc) is 3.02. The number of aliphatic hydroxyl groups excluding tert-OH is 2. The molecule has 0 unspecified atom stereocenters. The van der Waals surface area contributed by atoms with E-state index >= 15 is 0 Å². The van der Waals surface area contributed by atoms with Crippen LogP contribution in [-0.2, 0) is 0 Å². The molecule has 0 heterocycles. The van der Waals surface area contributed by atoms with Crippen molar-refractivity contribution in [3.05, 3.63) is 11.6 Å². The van der Waals surface area contributed by atoms with Gasteiger partial charge in [0.2, 0.25) is 0 Å². The van der Waals surface area contributed by atoms with Crippen molar-refractivity contribution in [3.8, 4) is 0 Å². The van der Waals surface area contributed by atoms with E-state index in [1.165, 1.54) is 50.5 Å². The molecule has 0 bridgehead atoms. The van der Waals surface area contributed by atoms with Gasteiger partial charge in [-0.1, -0.05) is 60.0 Å². The quantitative estimate of drug-likeness (QED) is 0.525. The molecular formula is C27H46O2. The molecule has 29 heavy (non-hydrogen) atoms. The second kappa shape index (κ2) is 7.97. The van der Waals surface area contributed by atoms with Crippen molar-refractivity contribution in [3.63, 3.8) is 0 Å². The van der Waals surface area contributed by atoms with E-state index in [2.05, 4.69) is 40.7 Å². The van der Waals surface area contributed by atoms with Gasteiger partial charge in [0.15, 0.2) is 0 Å². The molecule has 0 radical (unpaired) electrons. The summed E-state index contributed by atoms with van der Waals surface area (Å²) in [7, 11) is 0. The number of allylic oxidation sites excluding steroid dienone is 1. The molecule has 2 heteroatoms. The van der Waals surface area contributed by atoms with Crippen LogP contribution >= 0.6 is 0 Å². The van der Waals surface area contributed by atoms with Gasteiger partial charge in [-0.2, -0.15) is 0 Å². The minimum absolute atomic E-state index is 0.115. The first kappa shape index (κ1) is 21.9. The molecule has 2 N–H and O–H groups in total. The number of fused-ring (bicyclic) bond motifs is 5. The molecule has 166 valence electrons. The normalized spacial score (nSPS) is 47.9. The van der Waals surface area contributed by atoms with Gasteiger partial charge in [0.1, 0.15) is 6.10 Å². The smallest absolute Gasteiger partial charge is 0.101 e. The summed E-state index contributed by atoms with van der Waals surface area (Å²) < 4.78 is 0. The second-order valence-corrected chi connectivity index (χ2v) is 12.3. The Morgan fingerprint density at radius 3 is 2.45 bits per heavy atom. The van der Waals surface area contributed by atoms with E-state index in [1.807, 2.05) is 0 Å². The van der Waals surface area contributed by atoms with Gasteiger partial charge in [-0.15, -0.1) is 0 Å². The van der Waals surface area contributed by atoms with E-state index < -0.39 is 12.2 Å². The predicted octanol–water partition coefficient (Wildman–Crippen LogP) is 6.36. The summed E-state index contributed by atoms with van der Waals surface area (Å²) in [6.45, 7) is 12.3. The van der Waals surface area contributed by atoms with Crippen molar-refractivity contribution >= 4 is 0 Å². The van der Waals surface area contributed by atoms with E-state index in [0.29, 0.717) is 11.3 Å². The van der Waals surface area contributed by atoms with Crippen LogP contribution in [0.5, 0.6) is 0 Å². The molecule has 4 aliphatic carbocycles. The van der Waals surface area contributed by atoms with E-state index in [9.17, 15) is 10.2 Å². The molecule has 0 aromatic heterocycles. The van der Waals surface area contributed by atoms with Crippen molar-refractivity contribution in [1.29, 1.82) is 0 Å². The largest absolute Gasteiger partial charge is 0.390 e. The van der Waals surface area contributed by atoms with Gasteiger partial charge in [0.25, 0.3) is 0 Å². The Labute approximate surface area is 179 Å². The third-order valence-corrected chi connectivity index (χ3v) is 10.4. The lowest BCUT2D eigenvalue weighted by atomic mass is 9.46. The fourth-order valence-corrected chi connectivity index (χ4v) is 8.74. The SMILES string of the molecule is CC(C)CCC[C@@H](C)[C@@H]1CC[C@@H]2[C@H]3CC=C4[C@H](O)[C@@H](O)CC[C@]4(C)[C@@H]3CC[C@]21C. The highest BCUT2D eigenvalue weighted by Gasteiger charge is 2.60. The van der Waals surface area contributed by atoms with Crippen molar-refractivity contribution in [2.24, 2.45) is 46.3 Å². The Hall–Kier alpha value is -0.340. The minimum Gasteiger partial charge on any atom is -0.390 e. The maximum Gasteiger partial charge on any atom is 0.101 e. The molecule has 0 saturated heterocycles. The van der Waals surface area contributed by atoms with Crippen LogP contribution in [-0.4, -0.2) is 22.4 Å². The molecule has 0 aromatic rings. The topological polar surface area (TPSA) is 40.5 Å². The molecule has 3 fully saturated rings. The highest BCUT2D eigenvalue weighted by molar-refractivity contribution is 5.29. The van der Waals surface area contributed by atoms with Crippen LogP contribution in [0.2, 0.25) is 0 Å². The molecule has 0 aliphatic heterocycles. The zero-order valence-corrected chi connectivity index (χ0v) is 19.7. The summed E-state index contributed by atoms with van der Waals surface area (Å²) >= 11 is 0. The lowest BCUT2D eigenvalue weighted by Gasteiger charge is -2.59. The molecule has 4 aliphatic rings. The lowest BCUT2D eigenvalue weighted by Crippen LogP contribution is -2.53. The number of rotatable bonds is 5. The zero-order chi connectivity index (χ0) is 21.0. The fraction of sp³-hybridized carbons (Fsp3) is 0.926. The van der Waals surface area contributed by atoms with E-state index in [4.69, 9.17) is 0 Å². The molecule has 4 rings (SSSR count). The maximum atomic E-state index is 10.7. The van der Waals surface area contributed by atoms with Crippen LogP contribution in [0.15, 0.2) is 11.6 Å². The Kier molecular flexibility index (Phi) is 6.01. The van der Waals surface area contributed by atoms with Gasteiger partial charge in [-0.05, 0) is 96.9 Å². The van der Waals surface area contributed by atoms with E-state index in [1.54, 1.807) is 0 Å². The first-order chi connectivity index (χ1) is 13.7. The van der Waals surface area contributed by atoms with Crippen molar-refractivity contribution in [1.82, 2.24) is 0 Å². The summed E-state index contributed by atoms with van der Waals surface area (Å²) in [4.78, 5) is 0. The maximum absolute atomic E-state index is 10.7. The van der Waals surface area contributed by atoms with Crippen molar-refractivity contribution < 1.29 is 10.2 Å². The van der Waals surface area contributed by atoms with Crippen LogP contribution in [0.1, 0.15) is 98.8 Å². The van der Waals surface area contributed by atoms with Gasteiger partial charge in [-0.25, -0.2) is 0 Å². The van der Waals surface area contributed by atoms with Crippen LogP contribution in [0.3, 0.4) is 0 Å². The molecule has 3 saturated carbocycles. The van der Waals surface area contributed by atoms with Gasteiger partial charge < -0.3 is 10.2 Å². The first-order valence-corrected chi connectivity index (χ1v) is 12.7. The standard InChI is InChI=1S/C27H46O2/c1-17(2)7-6-8-18(3)20-11-12-21-19-9-10-23-25(29)24(28)14-16-27(23,5)22(19)13-15-26(20,21)4/h10,17-22,24-25,28-29H,6-9,11-16H2,1-5H3/t18-,19-,20+,21-,22-,24+,25+,26+,27-/m1/s1. The monoisotopic (exact) mass is 402 g/mol. The second-order valence-electron chi connectivity index (χ2n) is 12.3. The summed E-state index contributed by atoms with van der Waals surface area (Å²) in [5.41, 5.74) is 1.81. The van der Waals surface area contributed by atoms with Crippen LogP contribution < -0.4 is 0 Å². The zero-order valence-electron chi connectivity index (χ0n) is 19.7. The van der Waals surface area contributed by atoms with E-state index in [-0.39, 0.29) is 5.41 Å². The van der Waals surface area contributed by atoms with Gasteiger partial charge in [-0.3, -0.25) is 0 Å². The summed E-state index contributed by atoms with van der Waals surface area (Å²) in [5, 5.41) is 20.9. The summed E-state index contributed by atoms with van der Waals surface area (Å²) in [5.74, 6) is 4.95. The summed E-state index contributed by atoms with van der Waals surface area (Å²) in [6, 6.07) is 0. The number of hydrogen-bond donors (Lipinski definition) is 2. The van der Waals surface area contributed by atoms with Crippen LogP contribution in [0.25, 0.3) is 0 Å². The molecule has 0 amide bonds. The molecule has 2 nitrogen and oxygen atoms in total. The predicted molar refractivity (Wildman–Crippen MR) is 120 cm³/mol. The molecule has 9 atom stereocenters. The van der Waals surface area contributed by atoms with Crippen LogP contribution in [0, 0.1) is 46.3 Å². The fourth-order valence-electron chi connectivity index (χ4n) is 8.74. The molecule has 0 aromatic carbocycles. The Balaban J connectivity index is 1.51. The van der Waals surface area contributed by atoms with Gasteiger partial charge >= 0.3 is 0 Å². The van der Waals surface area contributed by atoms with Gasteiger partial charge in [0.05, 0.1) is 6.10 Å². The van der Waals surface area contributed by atoms with Crippen molar-refractivity contribution in [2.75, 3.05) is 0 Å². The Morgan fingerprint density at radius 2 is 1.72 bits per heavy atom. The Morgan fingerprint density at radius 1 is 0.966 bits per heavy atom. The van der Waals surface area contributed by atoms with Gasteiger partial charge in [0, 0.05) is 0 Å². The number of aliphatic hydroxyl groups is 2. The third kappa shape index (κ3) is 3.55. The average molecular weight is 403 g/mol. The van der Waals surface area contributed by atoms with Crippen LogP contribution in [0.4, 0.5) is 0 Å². The third-order valence-electron chi connectivity index (χ3n) is 10.4. The van der Waals surface area contributed by atoms with E-state index in [0.717, 1.165) is 48.9 Å². The number of hydrogen-bond acceptors (Lipinski definition) is 2. The molecular weight excluding hydrogens is 356 g/mol.